The van der Waals surface area contributed by atoms with E-state index in [9.17, 15) is 0 Å². The van der Waals surface area contributed by atoms with Crippen LogP contribution < -0.4 is 15.9 Å². The van der Waals surface area contributed by atoms with Crippen molar-refractivity contribution in [1.82, 2.24) is 0 Å². The predicted octanol–water partition coefficient (Wildman–Crippen LogP) is 7.03. The molecule has 33 heavy (non-hydrogen) atoms. The summed E-state index contributed by atoms with van der Waals surface area (Å²) in [5.41, 5.74) is 0. The van der Waals surface area contributed by atoms with Crippen molar-refractivity contribution in [3.8, 4) is 0 Å². The van der Waals surface area contributed by atoms with Crippen LogP contribution >= 0.6 is 7.26 Å². The molecule has 0 bridgehead atoms. The summed E-state index contributed by atoms with van der Waals surface area (Å²) in [7, 11) is -3.41. The van der Waals surface area contributed by atoms with Crippen molar-refractivity contribution in [2.45, 2.75) is 51.7 Å². The van der Waals surface area contributed by atoms with E-state index in [1.807, 2.05) is 0 Å². The Morgan fingerprint density at radius 3 is 1.52 bits per heavy atom. The molecule has 0 amide bonds. The van der Waals surface area contributed by atoms with Gasteiger partial charge < -0.3 is 4.43 Å². The van der Waals surface area contributed by atoms with Crippen molar-refractivity contribution in [3.05, 3.63) is 91.0 Å². The Labute approximate surface area is 203 Å². The molecule has 1 saturated carbocycles. The molecule has 0 heterocycles. The summed E-state index contributed by atoms with van der Waals surface area (Å²) in [4.78, 5) is 0. The minimum atomic E-state index is -1.82. The van der Waals surface area contributed by atoms with Crippen LogP contribution in [0.1, 0.15) is 32.1 Å². The van der Waals surface area contributed by atoms with Gasteiger partial charge in [-0.2, -0.15) is 0 Å². The number of rotatable bonds is 9. The van der Waals surface area contributed by atoms with Crippen LogP contribution in [-0.2, 0) is 4.43 Å². The molecule has 0 aliphatic heterocycles. The fraction of sp³-hybridized carbons (Fsp3) is 0.400. The van der Waals surface area contributed by atoms with Crippen LogP contribution in [-0.4, -0.2) is 21.1 Å². The number of hydrogen-bond donors (Lipinski definition) is 0. The lowest BCUT2D eigenvalue weighted by Crippen LogP contribution is -2.40. The SMILES string of the molecule is C[Si](C)(C)OC[C@H](C[P+](c1ccccc1)(c1ccccc1)c1ccccc1)C1CCCCC1. The van der Waals surface area contributed by atoms with Crippen LogP contribution in [0.5, 0.6) is 0 Å². The van der Waals surface area contributed by atoms with E-state index in [4.69, 9.17) is 4.43 Å². The van der Waals surface area contributed by atoms with E-state index in [0.717, 1.165) is 12.5 Å². The summed E-state index contributed by atoms with van der Waals surface area (Å²) in [5.74, 6) is 1.36. The monoisotopic (exact) mass is 475 g/mol. The topological polar surface area (TPSA) is 9.23 Å². The van der Waals surface area contributed by atoms with Gasteiger partial charge >= 0.3 is 0 Å². The molecular formula is C30H40OPSi+. The third-order valence-electron chi connectivity index (χ3n) is 7.15. The molecule has 4 rings (SSSR count). The van der Waals surface area contributed by atoms with Gasteiger partial charge in [0.05, 0.1) is 6.16 Å². The molecule has 0 saturated heterocycles. The molecule has 0 spiro atoms. The van der Waals surface area contributed by atoms with Gasteiger partial charge in [0.2, 0.25) is 0 Å². The average molecular weight is 476 g/mol. The molecule has 174 valence electrons. The van der Waals surface area contributed by atoms with Gasteiger partial charge in [0.1, 0.15) is 23.2 Å². The molecule has 0 N–H and O–H groups in total. The maximum Gasteiger partial charge on any atom is 0.183 e. The van der Waals surface area contributed by atoms with Crippen molar-refractivity contribution in [1.29, 1.82) is 0 Å². The quantitative estimate of drug-likeness (QED) is 0.238. The molecule has 1 atom stereocenters. The van der Waals surface area contributed by atoms with Crippen molar-refractivity contribution in [2.75, 3.05) is 12.8 Å². The molecular weight excluding hydrogens is 435 g/mol. The zero-order chi connectivity index (χ0) is 23.2. The third kappa shape index (κ3) is 6.04. The van der Waals surface area contributed by atoms with Crippen LogP contribution in [0.2, 0.25) is 19.6 Å². The molecule has 3 aromatic rings. The van der Waals surface area contributed by atoms with Crippen LogP contribution in [0.4, 0.5) is 0 Å². The van der Waals surface area contributed by atoms with Gasteiger partial charge in [-0.3, -0.25) is 0 Å². The first-order valence-electron chi connectivity index (χ1n) is 12.7. The van der Waals surface area contributed by atoms with E-state index in [1.165, 1.54) is 54.2 Å². The molecule has 3 heteroatoms. The minimum absolute atomic E-state index is 0.589. The first kappa shape index (κ1) is 24.4. The maximum atomic E-state index is 6.65. The van der Waals surface area contributed by atoms with Gasteiger partial charge in [-0.25, -0.2) is 0 Å². The van der Waals surface area contributed by atoms with Gasteiger partial charge in [0, 0.05) is 12.5 Å². The standard InChI is InChI=1S/C30H40OPSi/c1-33(2,3)31-24-27(26-16-8-4-9-17-26)25-32(28-18-10-5-11-19-28,29-20-12-6-13-21-29)30-22-14-7-15-23-30/h5-7,10-15,18-23,26-27H,4,8-9,16-17,24-25H2,1-3H3/q+1/t27-/m1/s1. The van der Waals surface area contributed by atoms with Crippen molar-refractivity contribution >= 4 is 31.5 Å². The van der Waals surface area contributed by atoms with Gasteiger partial charge in [0.25, 0.3) is 0 Å². The summed E-state index contributed by atoms with van der Waals surface area (Å²) in [6.07, 6.45) is 8.06. The average Bonchev–Trinajstić information content (AvgIpc) is 2.86. The summed E-state index contributed by atoms with van der Waals surface area (Å²) in [5, 5.41) is 4.49. The van der Waals surface area contributed by atoms with Crippen LogP contribution in [0.15, 0.2) is 91.0 Å². The lowest BCUT2D eigenvalue weighted by molar-refractivity contribution is 0.174. The molecule has 0 unspecified atom stereocenters. The molecule has 0 aromatic heterocycles. The molecule has 0 radical (unpaired) electrons. The Hall–Kier alpha value is -1.73. The second-order valence-electron chi connectivity index (χ2n) is 10.6. The largest absolute Gasteiger partial charge is 0.417 e. The fourth-order valence-corrected chi connectivity index (χ4v) is 10.9. The van der Waals surface area contributed by atoms with Gasteiger partial charge in [0.15, 0.2) is 8.32 Å². The Balaban J connectivity index is 1.85. The molecule has 1 fully saturated rings. The predicted molar refractivity (Wildman–Crippen MR) is 149 cm³/mol. The van der Waals surface area contributed by atoms with E-state index < -0.39 is 15.6 Å². The normalized spacial score (nSPS) is 16.5. The second-order valence-corrected chi connectivity index (χ2v) is 18.6. The molecule has 1 aliphatic carbocycles. The first-order chi connectivity index (χ1) is 16.0. The third-order valence-corrected chi connectivity index (χ3v) is 12.7. The lowest BCUT2D eigenvalue weighted by Gasteiger charge is -2.37. The second kappa shape index (κ2) is 11.1. The molecule has 1 nitrogen and oxygen atoms in total. The first-order valence-corrected chi connectivity index (χ1v) is 18.1. The van der Waals surface area contributed by atoms with Crippen LogP contribution in [0, 0.1) is 11.8 Å². The highest BCUT2D eigenvalue weighted by Gasteiger charge is 2.48. The number of hydrogen-bond acceptors (Lipinski definition) is 1. The van der Waals surface area contributed by atoms with Gasteiger partial charge in [-0.1, -0.05) is 73.9 Å². The Morgan fingerprint density at radius 1 is 0.697 bits per heavy atom. The van der Waals surface area contributed by atoms with Crippen molar-refractivity contribution < 1.29 is 4.43 Å². The lowest BCUT2D eigenvalue weighted by atomic mass is 9.81. The van der Waals surface area contributed by atoms with E-state index in [1.54, 1.807) is 0 Å². The van der Waals surface area contributed by atoms with E-state index >= 15 is 0 Å². The highest BCUT2D eigenvalue weighted by molar-refractivity contribution is 7.95. The molecule has 1 aliphatic rings. The Kier molecular flexibility index (Phi) is 8.23. The van der Waals surface area contributed by atoms with Crippen LogP contribution in [0.25, 0.3) is 0 Å². The Morgan fingerprint density at radius 2 is 1.12 bits per heavy atom. The zero-order valence-electron chi connectivity index (χ0n) is 20.6. The smallest absolute Gasteiger partial charge is 0.183 e. The summed E-state index contributed by atoms with van der Waals surface area (Å²) in [6, 6.07) is 34.1. The minimum Gasteiger partial charge on any atom is -0.417 e. The highest BCUT2D eigenvalue weighted by Crippen LogP contribution is 2.58. The van der Waals surface area contributed by atoms with E-state index in [0.29, 0.717) is 5.92 Å². The summed E-state index contributed by atoms with van der Waals surface area (Å²) < 4.78 is 6.65. The van der Waals surface area contributed by atoms with E-state index in [2.05, 4.69) is 111 Å². The van der Waals surface area contributed by atoms with Gasteiger partial charge in [-0.05, 0) is 74.8 Å². The number of benzene rings is 3. The fourth-order valence-electron chi connectivity index (χ4n) is 5.46. The summed E-state index contributed by atoms with van der Waals surface area (Å²) >= 11 is 0. The van der Waals surface area contributed by atoms with Crippen LogP contribution in [0.3, 0.4) is 0 Å². The van der Waals surface area contributed by atoms with Gasteiger partial charge in [-0.15, -0.1) is 0 Å². The van der Waals surface area contributed by atoms with Crippen molar-refractivity contribution in [3.63, 3.8) is 0 Å². The zero-order valence-corrected chi connectivity index (χ0v) is 22.5. The maximum absolute atomic E-state index is 6.65. The molecule has 3 aromatic carbocycles. The van der Waals surface area contributed by atoms with Crippen molar-refractivity contribution in [2.24, 2.45) is 11.8 Å². The Bertz CT molecular complexity index is 866. The van der Waals surface area contributed by atoms with E-state index in [-0.39, 0.29) is 0 Å². The summed E-state index contributed by atoms with van der Waals surface area (Å²) in [6.45, 7) is 7.91. The highest BCUT2D eigenvalue weighted by atomic mass is 31.2.